The third-order valence-electron chi connectivity index (χ3n) is 2.64. The quantitative estimate of drug-likeness (QED) is 0.685. The van der Waals surface area contributed by atoms with E-state index in [1.165, 1.54) is 18.3 Å². The summed E-state index contributed by atoms with van der Waals surface area (Å²) in [7, 11) is 0. The zero-order valence-corrected chi connectivity index (χ0v) is 13.7. The highest BCUT2D eigenvalue weighted by atomic mass is 32.1. The van der Waals surface area contributed by atoms with Crippen LogP contribution >= 0.6 is 11.3 Å². The highest BCUT2D eigenvalue weighted by Crippen LogP contribution is 2.23. The van der Waals surface area contributed by atoms with E-state index in [4.69, 9.17) is 4.74 Å². The molecule has 1 aromatic heterocycles. The van der Waals surface area contributed by atoms with Crippen LogP contribution in [0.15, 0.2) is 35.6 Å². The summed E-state index contributed by atoms with van der Waals surface area (Å²) in [5.41, 5.74) is -0.304. The second kappa shape index (κ2) is 6.66. The summed E-state index contributed by atoms with van der Waals surface area (Å²) in [6.45, 7) is 5.26. The molecule has 0 spiro atoms. The highest BCUT2D eigenvalue weighted by Gasteiger charge is 2.25. The molecule has 23 heavy (non-hydrogen) atoms. The van der Waals surface area contributed by atoms with E-state index < -0.39 is 17.5 Å². The standard InChI is InChI=1S/C15H15N3O4S/c1-15(2,3)22-13(20)10-7-5-4-6-9(10)12(19)17-14-16-8-11(18-21)23-14/h4-8H,1-3H3,(H,16,17,19)/p+1. The highest BCUT2D eigenvalue weighted by molar-refractivity contribution is 7.18. The number of hydrogen-bond acceptors (Lipinski definition) is 6. The lowest BCUT2D eigenvalue weighted by molar-refractivity contribution is -0.353. The molecule has 0 bridgehead atoms. The van der Waals surface area contributed by atoms with Gasteiger partial charge in [-0.3, -0.25) is 0 Å². The smallest absolute Gasteiger partial charge is 0.341 e. The number of nitroso groups, excluding NO2 is 1. The molecule has 1 amide bonds. The number of nitrogens with one attached hydrogen (secondary N) is 2. The molecule has 0 atom stereocenters. The Kier molecular flexibility index (Phi) is 4.85. The van der Waals surface area contributed by atoms with Gasteiger partial charge in [0.25, 0.3) is 0 Å². The van der Waals surface area contributed by atoms with E-state index in [1.807, 2.05) is 0 Å². The van der Waals surface area contributed by atoms with Gasteiger partial charge >= 0.3 is 17.0 Å². The predicted octanol–water partition coefficient (Wildman–Crippen LogP) is 3.17. The SMILES string of the molecule is CC(C)(C)OC(=O)c1ccccc1C(=O)Nc1[nH+]cc(N=O)s1. The van der Waals surface area contributed by atoms with Crippen LogP contribution in [0.1, 0.15) is 41.5 Å². The maximum Gasteiger partial charge on any atom is 0.341 e. The molecule has 0 saturated heterocycles. The normalized spacial score (nSPS) is 10.9. The Balaban J connectivity index is 2.23. The Labute approximate surface area is 136 Å². The first-order chi connectivity index (χ1) is 10.8. The van der Waals surface area contributed by atoms with Crippen molar-refractivity contribution in [2.75, 3.05) is 5.32 Å². The number of thiazole rings is 1. The zero-order valence-electron chi connectivity index (χ0n) is 12.9. The molecule has 8 heteroatoms. The van der Waals surface area contributed by atoms with Crippen LogP contribution in [0.5, 0.6) is 0 Å². The van der Waals surface area contributed by atoms with E-state index in [1.54, 1.807) is 32.9 Å². The minimum Gasteiger partial charge on any atom is -0.456 e. The number of H-pyrrole nitrogens is 1. The monoisotopic (exact) mass is 334 g/mol. The predicted molar refractivity (Wildman–Crippen MR) is 85.9 cm³/mol. The largest absolute Gasteiger partial charge is 0.456 e. The molecule has 0 aliphatic carbocycles. The van der Waals surface area contributed by atoms with E-state index in [9.17, 15) is 14.5 Å². The van der Waals surface area contributed by atoms with Gasteiger partial charge in [0, 0.05) is 0 Å². The van der Waals surface area contributed by atoms with E-state index in [-0.39, 0.29) is 16.1 Å². The number of anilines is 1. The van der Waals surface area contributed by atoms with Gasteiger partial charge in [-0.15, -0.1) is 4.91 Å². The Morgan fingerprint density at radius 3 is 2.43 bits per heavy atom. The van der Waals surface area contributed by atoms with Crippen molar-refractivity contribution in [3.8, 4) is 0 Å². The van der Waals surface area contributed by atoms with Crippen LogP contribution in [-0.4, -0.2) is 17.5 Å². The molecule has 0 unspecified atom stereocenters. The minimum atomic E-state index is -0.660. The van der Waals surface area contributed by atoms with Crippen molar-refractivity contribution >= 4 is 33.3 Å². The third kappa shape index (κ3) is 4.43. The van der Waals surface area contributed by atoms with Crippen molar-refractivity contribution in [1.29, 1.82) is 0 Å². The van der Waals surface area contributed by atoms with Gasteiger partial charge in [-0.2, -0.15) is 5.32 Å². The molecule has 2 N–H and O–H groups in total. The lowest BCUT2D eigenvalue weighted by Gasteiger charge is -2.20. The van der Waals surface area contributed by atoms with Crippen LogP contribution in [0.3, 0.4) is 0 Å². The Bertz CT molecular complexity index is 749. The number of aromatic nitrogens is 1. The number of esters is 1. The third-order valence-corrected chi connectivity index (χ3v) is 3.47. The van der Waals surface area contributed by atoms with Gasteiger partial charge in [0.2, 0.25) is 5.00 Å². The number of nitrogens with zero attached hydrogens (tertiary/aromatic N) is 1. The topological polar surface area (TPSA) is 99.0 Å². The molecule has 1 heterocycles. The van der Waals surface area contributed by atoms with Crippen molar-refractivity contribution in [2.45, 2.75) is 26.4 Å². The fourth-order valence-corrected chi connectivity index (χ4v) is 2.39. The summed E-state index contributed by atoms with van der Waals surface area (Å²) in [6.07, 6.45) is 1.38. The summed E-state index contributed by atoms with van der Waals surface area (Å²) in [5.74, 6) is -1.06. The summed E-state index contributed by atoms with van der Waals surface area (Å²) in [4.78, 5) is 37.7. The second-order valence-corrected chi connectivity index (χ2v) is 6.68. The van der Waals surface area contributed by atoms with Crippen LogP contribution in [-0.2, 0) is 4.74 Å². The Morgan fingerprint density at radius 1 is 1.22 bits per heavy atom. The summed E-state index contributed by atoms with van der Waals surface area (Å²) < 4.78 is 5.31. The van der Waals surface area contributed by atoms with Crippen LogP contribution in [0.2, 0.25) is 0 Å². The average Bonchev–Trinajstić information content (AvgIpc) is 2.93. The molecule has 120 valence electrons. The van der Waals surface area contributed by atoms with Crippen molar-refractivity contribution < 1.29 is 19.3 Å². The summed E-state index contributed by atoms with van der Waals surface area (Å²) in [6, 6.07) is 6.36. The molecule has 2 aromatic rings. The second-order valence-electron chi connectivity index (χ2n) is 5.65. The van der Waals surface area contributed by atoms with Crippen molar-refractivity contribution in [2.24, 2.45) is 5.18 Å². The van der Waals surface area contributed by atoms with Gasteiger partial charge in [0.15, 0.2) is 0 Å². The number of carbonyl (C=O) groups is 2. The molecule has 0 saturated carbocycles. The van der Waals surface area contributed by atoms with Gasteiger partial charge in [-0.25, -0.2) is 14.6 Å². The van der Waals surface area contributed by atoms with E-state index in [2.05, 4.69) is 15.5 Å². The molecule has 0 radical (unpaired) electrons. The number of amides is 1. The Morgan fingerprint density at radius 2 is 1.87 bits per heavy atom. The van der Waals surface area contributed by atoms with E-state index in [0.717, 1.165) is 11.3 Å². The molecule has 0 aliphatic rings. The zero-order chi connectivity index (χ0) is 17.0. The van der Waals surface area contributed by atoms with Gasteiger partial charge in [-0.05, 0) is 49.4 Å². The lowest BCUT2D eigenvalue weighted by atomic mass is 10.1. The number of benzene rings is 1. The van der Waals surface area contributed by atoms with E-state index >= 15 is 0 Å². The fourth-order valence-electron chi connectivity index (χ4n) is 1.76. The number of carbonyl (C=O) groups excluding carboxylic acids is 2. The first kappa shape index (κ1) is 16.8. The Hall–Kier alpha value is -2.61. The lowest BCUT2D eigenvalue weighted by Crippen LogP contribution is -2.26. The van der Waals surface area contributed by atoms with Gasteiger partial charge in [0.05, 0.1) is 11.1 Å². The molecule has 1 aromatic carbocycles. The van der Waals surface area contributed by atoms with Crippen LogP contribution in [0.25, 0.3) is 0 Å². The van der Waals surface area contributed by atoms with Crippen LogP contribution < -0.4 is 10.3 Å². The number of ether oxygens (including phenoxy) is 1. The van der Waals surface area contributed by atoms with E-state index in [0.29, 0.717) is 5.13 Å². The summed E-state index contributed by atoms with van der Waals surface area (Å²) >= 11 is 0.997. The average molecular weight is 334 g/mol. The summed E-state index contributed by atoms with van der Waals surface area (Å²) in [5, 5.41) is 5.92. The molecule has 0 aliphatic heterocycles. The van der Waals surface area contributed by atoms with Crippen molar-refractivity contribution in [3.63, 3.8) is 0 Å². The molecular weight excluding hydrogens is 318 g/mol. The van der Waals surface area contributed by atoms with Crippen molar-refractivity contribution in [1.82, 2.24) is 0 Å². The molecule has 0 fully saturated rings. The van der Waals surface area contributed by atoms with Crippen LogP contribution in [0.4, 0.5) is 10.1 Å². The molecular formula is C15H16N3O4S+. The van der Waals surface area contributed by atoms with Gasteiger partial charge < -0.3 is 4.74 Å². The first-order valence-electron chi connectivity index (χ1n) is 6.79. The fraction of sp³-hybridized carbons (Fsp3) is 0.267. The molecule has 2 rings (SSSR count). The maximum absolute atomic E-state index is 12.4. The number of aromatic amines is 1. The molecule has 7 nitrogen and oxygen atoms in total. The minimum absolute atomic E-state index is 0.171. The van der Waals surface area contributed by atoms with Crippen molar-refractivity contribution in [3.05, 3.63) is 46.5 Å². The number of rotatable bonds is 4. The van der Waals surface area contributed by atoms with Gasteiger partial charge in [-0.1, -0.05) is 12.1 Å². The maximum atomic E-state index is 12.4. The number of hydrogen-bond donors (Lipinski definition) is 1. The van der Waals surface area contributed by atoms with Crippen LogP contribution in [0, 0.1) is 4.91 Å². The van der Waals surface area contributed by atoms with Gasteiger partial charge in [0.1, 0.15) is 11.8 Å². The first-order valence-corrected chi connectivity index (χ1v) is 7.60.